The van der Waals surface area contributed by atoms with Gasteiger partial charge in [-0.05, 0) is 25.8 Å². The fraction of sp³-hybridized carbons (Fsp3) is 0.455. The van der Waals surface area contributed by atoms with Crippen LogP contribution in [0.1, 0.15) is 52.7 Å². The number of H-pyrrole nitrogens is 1. The van der Waals surface area contributed by atoms with Gasteiger partial charge in [0.2, 0.25) is 5.88 Å². The van der Waals surface area contributed by atoms with Crippen molar-refractivity contribution in [3.63, 3.8) is 0 Å². The Bertz CT molecular complexity index is 1070. The molecule has 3 rings (SSSR count). The largest absolute Gasteiger partial charge is 0.478 e. The van der Waals surface area contributed by atoms with Gasteiger partial charge in [0.25, 0.3) is 5.91 Å². The molecule has 12 heteroatoms. The summed E-state index contributed by atoms with van der Waals surface area (Å²) in [6, 6.07) is 2.72. The molecule has 0 unspecified atom stereocenters. The zero-order valence-electron chi connectivity index (χ0n) is 18.8. The van der Waals surface area contributed by atoms with Crippen LogP contribution >= 0.6 is 23.2 Å². The maximum absolute atomic E-state index is 12.6. The summed E-state index contributed by atoms with van der Waals surface area (Å²) in [6.07, 6.45) is 1.51. The number of ether oxygens (including phenoxy) is 2. The number of halogens is 2. The molecule has 0 aliphatic carbocycles. The van der Waals surface area contributed by atoms with E-state index in [1.807, 2.05) is 4.90 Å². The van der Waals surface area contributed by atoms with E-state index in [1.165, 1.54) is 12.1 Å². The third kappa shape index (κ3) is 6.32. The van der Waals surface area contributed by atoms with Gasteiger partial charge >= 0.3 is 11.9 Å². The highest BCUT2D eigenvalue weighted by Crippen LogP contribution is 2.29. The van der Waals surface area contributed by atoms with E-state index in [2.05, 4.69) is 15.3 Å². The average molecular weight is 513 g/mol. The third-order valence-corrected chi connectivity index (χ3v) is 6.30. The molecule has 184 valence electrons. The van der Waals surface area contributed by atoms with Crippen molar-refractivity contribution in [2.24, 2.45) is 0 Å². The van der Waals surface area contributed by atoms with E-state index < -0.39 is 5.97 Å². The highest BCUT2D eigenvalue weighted by atomic mass is 35.5. The summed E-state index contributed by atoms with van der Waals surface area (Å²) in [5.74, 6) is -1.19. The van der Waals surface area contributed by atoms with Crippen molar-refractivity contribution in [2.45, 2.75) is 39.2 Å². The molecule has 0 radical (unpaired) electrons. The molecule has 34 heavy (non-hydrogen) atoms. The molecule has 1 aliphatic rings. The molecule has 1 aliphatic heterocycles. The van der Waals surface area contributed by atoms with Crippen LogP contribution in [0.4, 0.5) is 5.82 Å². The summed E-state index contributed by atoms with van der Waals surface area (Å²) in [7, 11) is 0. The molecule has 1 fully saturated rings. The van der Waals surface area contributed by atoms with Crippen LogP contribution in [-0.2, 0) is 9.53 Å². The molecule has 1 saturated heterocycles. The molecule has 0 atom stereocenters. The Morgan fingerprint density at radius 2 is 1.91 bits per heavy atom. The Balaban J connectivity index is 1.60. The molecule has 1 amide bonds. The molecule has 2 aromatic heterocycles. The number of carbonyl (C=O) groups is 3. The van der Waals surface area contributed by atoms with Crippen molar-refractivity contribution >= 4 is 46.9 Å². The van der Waals surface area contributed by atoms with Crippen LogP contribution < -0.4 is 15.0 Å². The highest BCUT2D eigenvalue weighted by molar-refractivity contribution is 6.44. The number of aromatic carboxylic acids is 1. The summed E-state index contributed by atoms with van der Waals surface area (Å²) < 4.78 is 10.5. The predicted molar refractivity (Wildman–Crippen MR) is 126 cm³/mol. The van der Waals surface area contributed by atoms with Crippen LogP contribution in [0.25, 0.3) is 0 Å². The molecule has 3 N–H and O–H groups in total. The first kappa shape index (κ1) is 25.6. The fourth-order valence-electron chi connectivity index (χ4n) is 3.49. The molecule has 0 bridgehead atoms. The van der Waals surface area contributed by atoms with Crippen LogP contribution in [0.2, 0.25) is 10.0 Å². The second kappa shape index (κ2) is 11.4. The van der Waals surface area contributed by atoms with E-state index in [4.69, 9.17) is 32.7 Å². The first-order valence-corrected chi connectivity index (χ1v) is 11.6. The molecule has 0 aromatic carbocycles. The van der Waals surface area contributed by atoms with Crippen LogP contribution in [0.3, 0.4) is 0 Å². The fourth-order valence-corrected chi connectivity index (χ4v) is 3.91. The van der Waals surface area contributed by atoms with E-state index in [-0.39, 0.29) is 59.7 Å². The molecule has 2 aromatic rings. The summed E-state index contributed by atoms with van der Waals surface area (Å²) >= 11 is 12.2. The van der Waals surface area contributed by atoms with Crippen LogP contribution in [-0.4, -0.2) is 65.3 Å². The number of aryl methyl sites for hydroxylation is 1. The number of hydrogen-bond acceptors (Lipinski definition) is 7. The van der Waals surface area contributed by atoms with Crippen molar-refractivity contribution < 1.29 is 29.0 Å². The van der Waals surface area contributed by atoms with Gasteiger partial charge in [0, 0.05) is 37.3 Å². The molecular weight excluding hydrogens is 487 g/mol. The number of piperidine rings is 1. The van der Waals surface area contributed by atoms with E-state index in [0.717, 1.165) is 0 Å². The van der Waals surface area contributed by atoms with Crippen molar-refractivity contribution in [3.05, 3.63) is 39.1 Å². The van der Waals surface area contributed by atoms with Gasteiger partial charge in [-0.2, -0.15) is 4.98 Å². The van der Waals surface area contributed by atoms with Crippen LogP contribution in [0.15, 0.2) is 12.1 Å². The summed E-state index contributed by atoms with van der Waals surface area (Å²) in [4.78, 5) is 44.6. The number of aromatic amines is 1. The summed E-state index contributed by atoms with van der Waals surface area (Å²) in [6.45, 7) is 4.62. The molecular formula is C22H26Cl2N4O6. The Morgan fingerprint density at radius 1 is 1.21 bits per heavy atom. The van der Waals surface area contributed by atoms with Gasteiger partial charge in [-0.3, -0.25) is 9.59 Å². The van der Waals surface area contributed by atoms with Crippen LogP contribution in [0, 0.1) is 6.92 Å². The number of esters is 1. The zero-order valence-corrected chi connectivity index (χ0v) is 20.3. The molecule has 3 heterocycles. The minimum absolute atomic E-state index is 0.0367. The second-order valence-corrected chi connectivity index (χ2v) is 8.52. The minimum Gasteiger partial charge on any atom is -0.478 e. The minimum atomic E-state index is -1.11. The molecule has 0 spiro atoms. The number of pyridine rings is 1. The van der Waals surface area contributed by atoms with Gasteiger partial charge < -0.3 is 29.8 Å². The number of nitrogens with one attached hydrogen (secondary N) is 2. The predicted octanol–water partition coefficient (Wildman–Crippen LogP) is 3.45. The second-order valence-electron chi connectivity index (χ2n) is 7.77. The number of rotatable bonds is 9. The maximum atomic E-state index is 12.6. The Hall–Kier alpha value is -2.98. The van der Waals surface area contributed by atoms with Crippen LogP contribution in [0.5, 0.6) is 5.88 Å². The van der Waals surface area contributed by atoms with E-state index in [0.29, 0.717) is 42.5 Å². The van der Waals surface area contributed by atoms with Gasteiger partial charge in [0.05, 0.1) is 15.6 Å². The highest BCUT2D eigenvalue weighted by Gasteiger charge is 2.25. The molecule has 10 nitrogen and oxygen atoms in total. The van der Waals surface area contributed by atoms with Crippen molar-refractivity contribution in [1.29, 1.82) is 0 Å². The van der Waals surface area contributed by atoms with Crippen molar-refractivity contribution in [1.82, 2.24) is 15.3 Å². The van der Waals surface area contributed by atoms with Crippen molar-refractivity contribution in [3.8, 4) is 5.88 Å². The van der Waals surface area contributed by atoms with Gasteiger partial charge in [-0.25, -0.2) is 4.79 Å². The summed E-state index contributed by atoms with van der Waals surface area (Å²) in [5, 5.41) is 12.9. The Morgan fingerprint density at radius 3 is 2.50 bits per heavy atom. The number of carbonyl (C=O) groups excluding carboxylic acids is 2. The number of nitrogens with zero attached hydrogens (tertiary/aromatic N) is 2. The number of hydrogen-bond donors (Lipinski definition) is 3. The van der Waals surface area contributed by atoms with Gasteiger partial charge in [0.1, 0.15) is 24.7 Å². The quantitative estimate of drug-likeness (QED) is 0.343. The first-order chi connectivity index (χ1) is 16.2. The SMILES string of the molecule is CCC(=O)OCCOc1cc(C(=O)O)cc(N2CCC(NC(=O)c3[nH]c(C)c(Cl)c3Cl)CC2)n1. The smallest absolute Gasteiger partial charge is 0.336 e. The zero-order chi connectivity index (χ0) is 24.8. The topological polar surface area (TPSA) is 134 Å². The standard InChI is InChI=1S/C22H26Cl2N4O6/c1-3-17(29)34-9-8-33-16-11-13(22(31)32)10-15(27-16)28-6-4-14(5-7-28)26-21(30)20-19(24)18(23)12(2)25-20/h10-11,14,25H,3-9H2,1-2H3,(H,26,30)(H,31,32). The first-order valence-electron chi connectivity index (χ1n) is 10.8. The lowest BCUT2D eigenvalue weighted by Crippen LogP contribution is -2.45. The number of carboxylic acids is 1. The lowest BCUT2D eigenvalue weighted by atomic mass is 10.0. The lowest BCUT2D eigenvalue weighted by Gasteiger charge is -2.33. The maximum Gasteiger partial charge on any atom is 0.336 e. The van der Waals surface area contributed by atoms with Gasteiger partial charge in [0.15, 0.2) is 0 Å². The third-order valence-electron chi connectivity index (χ3n) is 5.36. The monoisotopic (exact) mass is 512 g/mol. The Labute approximate surface area is 206 Å². The van der Waals surface area contributed by atoms with E-state index >= 15 is 0 Å². The summed E-state index contributed by atoms with van der Waals surface area (Å²) in [5.41, 5.74) is 0.890. The number of aromatic nitrogens is 2. The van der Waals surface area contributed by atoms with Crippen molar-refractivity contribution in [2.75, 3.05) is 31.2 Å². The van der Waals surface area contributed by atoms with Gasteiger partial charge in [-0.1, -0.05) is 30.1 Å². The average Bonchev–Trinajstić information content (AvgIpc) is 3.09. The van der Waals surface area contributed by atoms with Gasteiger partial charge in [-0.15, -0.1) is 0 Å². The Kier molecular flexibility index (Phi) is 8.62. The number of carboxylic acid groups (broad SMARTS) is 1. The normalized spacial score (nSPS) is 14.1. The molecule has 0 saturated carbocycles. The number of anilines is 1. The van der Waals surface area contributed by atoms with E-state index in [1.54, 1.807) is 13.8 Å². The van der Waals surface area contributed by atoms with E-state index in [9.17, 15) is 19.5 Å². The number of amides is 1. The lowest BCUT2D eigenvalue weighted by molar-refractivity contribution is -0.143.